The Hall–Kier alpha value is -1.88. The molecule has 1 amide bonds. The van der Waals surface area contributed by atoms with Gasteiger partial charge in [-0.05, 0) is 37.6 Å². The fourth-order valence-corrected chi connectivity index (χ4v) is 2.11. The van der Waals surface area contributed by atoms with Gasteiger partial charge in [0.1, 0.15) is 0 Å². The van der Waals surface area contributed by atoms with Gasteiger partial charge in [0, 0.05) is 16.1 Å². The molecule has 1 heterocycles. The zero-order valence-corrected chi connectivity index (χ0v) is 12.9. The van der Waals surface area contributed by atoms with E-state index >= 15 is 0 Å². The molecule has 1 aromatic carbocycles. The summed E-state index contributed by atoms with van der Waals surface area (Å²) in [5.74, 6) is 0.388. The van der Waals surface area contributed by atoms with E-state index in [9.17, 15) is 4.79 Å². The third kappa shape index (κ3) is 3.36. The van der Waals surface area contributed by atoms with E-state index in [1.54, 1.807) is 24.4 Å². The number of nitrogens with zero attached hydrogens (tertiary/aromatic N) is 1. The summed E-state index contributed by atoms with van der Waals surface area (Å²) >= 11 is 3.42. The number of benzene rings is 1. The normalized spacial score (nSPS) is 10.2. The number of aromatic nitrogens is 1. The molecule has 0 aliphatic carbocycles. The Morgan fingerprint density at radius 1 is 1.35 bits per heavy atom. The average Bonchev–Trinajstić information content (AvgIpc) is 2.44. The van der Waals surface area contributed by atoms with E-state index in [2.05, 4.69) is 26.2 Å². The Labute approximate surface area is 126 Å². The second-order valence-corrected chi connectivity index (χ2v) is 5.04. The monoisotopic (exact) mass is 334 g/mol. The molecule has 0 spiro atoms. The highest BCUT2D eigenvalue weighted by molar-refractivity contribution is 9.10. The van der Waals surface area contributed by atoms with Gasteiger partial charge in [-0.1, -0.05) is 22.0 Å². The topological polar surface area (TPSA) is 51.2 Å². The molecule has 0 unspecified atom stereocenters. The number of ether oxygens (including phenoxy) is 1. The number of carbonyl (C=O) groups excluding carboxylic acids is 1. The van der Waals surface area contributed by atoms with Crippen molar-refractivity contribution in [2.45, 2.75) is 13.8 Å². The average molecular weight is 335 g/mol. The minimum atomic E-state index is -0.158. The highest BCUT2D eigenvalue weighted by Gasteiger charge is 2.11. The Morgan fingerprint density at radius 3 is 2.80 bits per heavy atom. The van der Waals surface area contributed by atoms with Crippen LogP contribution in [0.15, 0.2) is 41.0 Å². The molecular formula is C15H15BrN2O2. The maximum Gasteiger partial charge on any atom is 0.256 e. The lowest BCUT2D eigenvalue weighted by atomic mass is 10.1. The Kier molecular flexibility index (Phi) is 4.74. The van der Waals surface area contributed by atoms with Crippen LogP contribution in [0, 0.1) is 6.92 Å². The smallest absolute Gasteiger partial charge is 0.256 e. The number of halogens is 1. The van der Waals surface area contributed by atoms with E-state index in [0.29, 0.717) is 23.7 Å². The van der Waals surface area contributed by atoms with Crippen molar-refractivity contribution in [2.24, 2.45) is 0 Å². The van der Waals surface area contributed by atoms with Crippen molar-refractivity contribution >= 4 is 27.5 Å². The molecule has 0 saturated heterocycles. The molecule has 0 radical (unpaired) electrons. The lowest BCUT2D eigenvalue weighted by molar-refractivity contribution is 0.102. The summed E-state index contributed by atoms with van der Waals surface area (Å²) in [7, 11) is 0. The quantitative estimate of drug-likeness (QED) is 0.925. The van der Waals surface area contributed by atoms with Crippen molar-refractivity contribution in [2.75, 3.05) is 11.9 Å². The van der Waals surface area contributed by atoms with Crippen molar-refractivity contribution in [3.05, 3.63) is 52.1 Å². The third-order valence-corrected chi connectivity index (χ3v) is 3.66. The summed E-state index contributed by atoms with van der Waals surface area (Å²) < 4.78 is 6.17. The molecule has 4 nitrogen and oxygen atoms in total. The Morgan fingerprint density at radius 2 is 2.15 bits per heavy atom. The third-order valence-electron chi connectivity index (χ3n) is 2.80. The van der Waals surface area contributed by atoms with Gasteiger partial charge in [0.05, 0.1) is 18.5 Å². The van der Waals surface area contributed by atoms with E-state index in [4.69, 9.17) is 4.74 Å². The molecule has 1 N–H and O–H groups in total. The van der Waals surface area contributed by atoms with Crippen LogP contribution in [0.3, 0.4) is 0 Å². The fourth-order valence-electron chi connectivity index (χ4n) is 1.74. The molecule has 0 fully saturated rings. The summed E-state index contributed by atoms with van der Waals surface area (Å²) in [6, 6.07) is 9.03. The number of hydrogen-bond donors (Lipinski definition) is 1. The van der Waals surface area contributed by atoms with Crippen molar-refractivity contribution in [3.63, 3.8) is 0 Å². The van der Waals surface area contributed by atoms with Gasteiger partial charge >= 0.3 is 0 Å². The minimum Gasteiger partial charge on any atom is -0.478 e. The first-order valence-electron chi connectivity index (χ1n) is 6.27. The van der Waals surface area contributed by atoms with E-state index < -0.39 is 0 Å². The van der Waals surface area contributed by atoms with Crippen LogP contribution in [-0.2, 0) is 0 Å². The van der Waals surface area contributed by atoms with Crippen LogP contribution in [0.4, 0.5) is 5.69 Å². The van der Waals surface area contributed by atoms with Gasteiger partial charge in [-0.2, -0.15) is 0 Å². The molecule has 0 bridgehead atoms. The van der Waals surface area contributed by atoms with Crippen molar-refractivity contribution in [1.82, 2.24) is 4.98 Å². The number of hydrogen-bond acceptors (Lipinski definition) is 3. The Balaban J connectivity index is 2.13. The highest BCUT2D eigenvalue weighted by Crippen LogP contribution is 2.20. The van der Waals surface area contributed by atoms with Gasteiger partial charge in [-0.3, -0.25) is 4.79 Å². The number of carbonyl (C=O) groups is 1. The minimum absolute atomic E-state index is 0.158. The molecular weight excluding hydrogens is 320 g/mol. The largest absolute Gasteiger partial charge is 0.478 e. The van der Waals surface area contributed by atoms with Crippen LogP contribution >= 0.6 is 15.9 Å². The number of rotatable bonds is 4. The molecule has 0 aliphatic heterocycles. The number of anilines is 1. The fraction of sp³-hybridized carbons (Fsp3) is 0.200. The summed E-state index contributed by atoms with van der Waals surface area (Å²) in [5, 5.41) is 2.82. The van der Waals surface area contributed by atoms with Gasteiger partial charge in [0.2, 0.25) is 5.88 Å². The first-order chi connectivity index (χ1) is 9.61. The van der Waals surface area contributed by atoms with Crippen molar-refractivity contribution in [3.8, 4) is 5.88 Å². The van der Waals surface area contributed by atoms with E-state index in [1.165, 1.54) is 0 Å². The summed E-state index contributed by atoms with van der Waals surface area (Å²) in [6.45, 7) is 4.36. The molecule has 0 atom stereocenters. The van der Waals surface area contributed by atoms with Gasteiger partial charge in [-0.15, -0.1) is 0 Å². The predicted molar refractivity (Wildman–Crippen MR) is 82.2 cm³/mol. The molecule has 2 rings (SSSR count). The number of pyridine rings is 1. The first-order valence-corrected chi connectivity index (χ1v) is 7.06. The van der Waals surface area contributed by atoms with Crippen molar-refractivity contribution < 1.29 is 9.53 Å². The lowest BCUT2D eigenvalue weighted by Crippen LogP contribution is -2.13. The second-order valence-electron chi connectivity index (χ2n) is 4.18. The van der Waals surface area contributed by atoms with E-state index in [0.717, 1.165) is 10.0 Å². The molecule has 0 aliphatic rings. The molecule has 1 aromatic heterocycles. The van der Waals surface area contributed by atoms with Crippen LogP contribution in [-0.4, -0.2) is 17.5 Å². The number of amides is 1. The van der Waals surface area contributed by atoms with Crippen LogP contribution in [0.5, 0.6) is 5.88 Å². The van der Waals surface area contributed by atoms with Crippen molar-refractivity contribution in [1.29, 1.82) is 0 Å². The van der Waals surface area contributed by atoms with Crippen LogP contribution < -0.4 is 10.1 Å². The molecule has 0 saturated carbocycles. The van der Waals surface area contributed by atoms with Gasteiger partial charge in [-0.25, -0.2) is 4.98 Å². The van der Waals surface area contributed by atoms with Crippen LogP contribution in [0.2, 0.25) is 0 Å². The second kappa shape index (κ2) is 6.52. The van der Waals surface area contributed by atoms with Crippen LogP contribution in [0.1, 0.15) is 22.8 Å². The summed E-state index contributed by atoms with van der Waals surface area (Å²) in [4.78, 5) is 16.3. The molecule has 2 aromatic rings. The predicted octanol–water partition coefficient (Wildman–Crippen LogP) is 3.80. The van der Waals surface area contributed by atoms with E-state index in [1.807, 2.05) is 26.0 Å². The Bertz CT molecular complexity index is 612. The lowest BCUT2D eigenvalue weighted by Gasteiger charge is -2.09. The zero-order chi connectivity index (χ0) is 14.5. The maximum absolute atomic E-state index is 12.2. The van der Waals surface area contributed by atoms with Gasteiger partial charge < -0.3 is 10.1 Å². The zero-order valence-electron chi connectivity index (χ0n) is 11.3. The van der Waals surface area contributed by atoms with Gasteiger partial charge in [0.15, 0.2) is 0 Å². The SMILES string of the molecule is CCOc1ccc(NC(=O)c2cccc(Br)c2C)cn1. The van der Waals surface area contributed by atoms with Crippen LogP contribution in [0.25, 0.3) is 0 Å². The maximum atomic E-state index is 12.2. The summed E-state index contributed by atoms with van der Waals surface area (Å²) in [5.41, 5.74) is 2.18. The summed E-state index contributed by atoms with van der Waals surface area (Å²) in [6.07, 6.45) is 1.58. The standard InChI is InChI=1S/C15H15BrN2O2/c1-3-20-14-8-7-11(9-17-14)18-15(19)12-5-4-6-13(16)10(12)2/h4-9H,3H2,1-2H3,(H,18,19). The van der Waals surface area contributed by atoms with E-state index in [-0.39, 0.29) is 5.91 Å². The highest BCUT2D eigenvalue weighted by atomic mass is 79.9. The molecule has 5 heteroatoms. The van der Waals surface area contributed by atoms with Gasteiger partial charge in [0.25, 0.3) is 5.91 Å². The number of nitrogens with one attached hydrogen (secondary N) is 1. The molecule has 20 heavy (non-hydrogen) atoms. The molecule has 104 valence electrons. The first kappa shape index (κ1) is 14.5.